The smallest absolute Gasteiger partial charge is 0.230 e. The van der Waals surface area contributed by atoms with Gasteiger partial charge in [0.2, 0.25) is 5.91 Å². The molecule has 0 bridgehead atoms. The van der Waals surface area contributed by atoms with E-state index in [1.807, 2.05) is 35.7 Å². The number of carbonyl (C=O) groups excluding carboxylic acids is 1. The number of halogens is 1. The van der Waals surface area contributed by atoms with Gasteiger partial charge in [0.15, 0.2) is 0 Å². The van der Waals surface area contributed by atoms with Crippen LogP contribution in [-0.4, -0.2) is 21.6 Å². The molecule has 112 valence electrons. The van der Waals surface area contributed by atoms with Crippen molar-refractivity contribution in [1.29, 1.82) is 0 Å². The van der Waals surface area contributed by atoms with Crippen molar-refractivity contribution in [2.75, 3.05) is 5.75 Å². The van der Waals surface area contributed by atoms with Gasteiger partial charge in [-0.05, 0) is 29.1 Å². The Bertz CT molecular complexity index is 806. The Hall–Kier alpha value is -1.63. The van der Waals surface area contributed by atoms with Crippen LogP contribution in [0.5, 0.6) is 0 Å². The van der Waals surface area contributed by atoms with Crippen molar-refractivity contribution in [1.82, 2.24) is 15.3 Å². The highest BCUT2D eigenvalue weighted by atomic mass is 35.5. The van der Waals surface area contributed by atoms with E-state index in [9.17, 15) is 4.79 Å². The Kier molecular flexibility index (Phi) is 4.92. The number of rotatable bonds is 5. The Morgan fingerprint density at radius 2 is 2.23 bits per heavy atom. The van der Waals surface area contributed by atoms with Gasteiger partial charge in [-0.1, -0.05) is 35.5 Å². The number of thiophene rings is 1. The predicted octanol–water partition coefficient (Wildman–Crippen LogP) is 3.75. The molecule has 0 fully saturated rings. The minimum Gasteiger partial charge on any atom is -0.351 e. The molecular formula is C15H12ClN3OS2. The highest BCUT2D eigenvalue weighted by Gasteiger charge is 2.08. The molecule has 3 aromatic rings. The lowest BCUT2D eigenvalue weighted by Gasteiger charge is -2.06. The van der Waals surface area contributed by atoms with Gasteiger partial charge >= 0.3 is 0 Å². The highest BCUT2D eigenvalue weighted by molar-refractivity contribution is 8.00. The first-order chi connectivity index (χ1) is 10.7. The molecule has 1 N–H and O–H groups in total. The number of hydrogen-bond donors (Lipinski definition) is 1. The van der Waals surface area contributed by atoms with Gasteiger partial charge in [-0.25, -0.2) is 9.97 Å². The van der Waals surface area contributed by atoms with Gasteiger partial charge < -0.3 is 5.32 Å². The number of nitrogens with zero attached hydrogens (tertiary/aromatic N) is 2. The van der Waals surface area contributed by atoms with Crippen LogP contribution in [0.2, 0.25) is 5.02 Å². The monoisotopic (exact) mass is 349 g/mol. The van der Waals surface area contributed by atoms with Crippen molar-refractivity contribution >= 4 is 50.8 Å². The number of carbonyl (C=O) groups is 1. The largest absolute Gasteiger partial charge is 0.351 e. The third kappa shape index (κ3) is 3.76. The van der Waals surface area contributed by atoms with Crippen LogP contribution in [0.3, 0.4) is 0 Å². The van der Waals surface area contributed by atoms with Crippen LogP contribution in [0.1, 0.15) is 5.56 Å². The zero-order chi connectivity index (χ0) is 15.4. The first-order valence-electron chi connectivity index (χ1n) is 6.54. The quantitative estimate of drug-likeness (QED) is 0.563. The molecule has 22 heavy (non-hydrogen) atoms. The van der Waals surface area contributed by atoms with Crippen molar-refractivity contribution in [2.45, 2.75) is 11.6 Å². The zero-order valence-corrected chi connectivity index (χ0v) is 13.8. The normalized spacial score (nSPS) is 10.8. The molecule has 0 aliphatic rings. The molecule has 0 spiro atoms. The fourth-order valence-electron chi connectivity index (χ4n) is 1.90. The van der Waals surface area contributed by atoms with Crippen LogP contribution in [0.25, 0.3) is 10.2 Å². The van der Waals surface area contributed by atoms with Gasteiger partial charge in [0.05, 0.1) is 16.0 Å². The van der Waals surface area contributed by atoms with Crippen LogP contribution in [0.15, 0.2) is 47.1 Å². The molecule has 0 saturated heterocycles. The summed E-state index contributed by atoms with van der Waals surface area (Å²) in [7, 11) is 0. The first kappa shape index (κ1) is 15.3. The lowest BCUT2D eigenvalue weighted by Crippen LogP contribution is -2.24. The van der Waals surface area contributed by atoms with E-state index in [-0.39, 0.29) is 5.91 Å². The fraction of sp³-hybridized carbons (Fsp3) is 0.133. The number of hydrogen-bond acceptors (Lipinski definition) is 5. The van der Waals surface area contributed by atoms with Gasteiger partial charge in [0, 0.05) is 11.6 Å². The van der Waals surface area contributed by atoms with Crippen LogP contribution < -0.4 is 5.32 Å². The second kappa shape index (κ2) is 7.09. The molecule has 7 heteroatoms. The summed E-state index contributed by atoms with van der Waals surface area (Å²) in [6.07, 6.45) is 1.53. The van der Waals surface area contributed by atoms with E-state index in [1.165, 1.54) is 18.1 Å². The SMILES string of the molecule is O=C(CSc1ncnc2ccsc12)NCc1cccc(Cl)c1. The Labute approximate surface area is 140 Å². The number of aromatic nitrogens is 2. The molecule has 1 amide bonds. The number of amides is 1. The Morgan fingerprint density at radius 1 is 1.32 bits per heavy atom. The fourth-order valence-corrected chi connectivity index (χ4v) is 3.89. The van der Waals surface area contributed by atoms with E-state index in [4.69, 9.17) is 11.6 Å². The maximum atomic E-state index is 11.9. The zero-order valence-electron chi connectivity index (χ0n) is 11.5. The number of fused-ring (bicyclic) bond motifs is 1. The van der Waals surface area contributed by atoms with Gasteiger partial charge in [-0.2, -0.15) is 0 Å². The number of nitrogens with one attached hydrogen (secondary N) is 1. The summed E-state index contributed by atoms with van der Waals surface area (Å²) >= 11 is 8.92. The van der Waals surface area contributed by atoms with Crippen LogP contribution >= 0.6 is 34.7 Å². The molecule has 0 unspecified atom stereocenters. The second-order valence-corrected chi connectivity index (χ2v) is 6.83. The molecule has 2 heterocycles. The summed E-state index contributed by atoms with van der Waals surface area (Å²) in [5.41, 5.74) is 1.90. The van der Waals surface area contributed by atoms with Crippen LogP contribution in [0.4, 0.5) is 0 Å². The standard InChI is InChI=1S/C15H12ClN3OS2/c16-11-3-1-2-10(6-11)7-17-13(20)8-22-15-14-12(4-5-21-14)18-9-19-15/h1-6,9H,7-8H2,(H,17,20). The molecule has 0 aliphatic carbocycles. The summed E-state index contributed by atoms with van der Waals surface area (Å²) in [4.78, 5) is 20.4. The van der Waals surface area contributed by atoms with Crippen molar-refractivity contribution in [3.63, 3.8) is 0 Å². The third-order valence-electron chi connectivity index (χ3n) is 2.93. The van der Waals surface area contributed by atoms with Crippen LogP contribution in [0, 0.1) is 0 Å². The van der Waals surface area contributed by atoms with Crippen molar-refractivity contribution in [3.05, 3.63) is 52.6 Å². The maximum Gasteiger partial charge on any atom is 0.230 e. The van der Waals surface area contributed by atoms with E-state index in [0.29, 0.717) is 17.3 Å². The first-order valence-corrected chi connectivity index (χ1v) is 8.79. The van der Waals surface area contributed by atoms with E-state index in [0.717, 1.165) is 20.8 Å². The summed E-state index contributed by atoms with van der Waals surface area (Å²) in [5.74, 6) is 0.290. The van der Waals surface area contributed by atoms with Crippen molar-refractivity contribution < 1.29 is 4.79 Å². The van der Waals surface area contributed by atoms with Crippen molar-refractivity contribution in [3.8, 4) is 0 Å². The Morgan fingerprint density at radius 3 is 3.09 bits per heavy atom. The molecule has 0 saturated carbocycles. The average Bonchev–Trinajstić information content (AvgIpc) is 3.00. The van der Waals surface area contributed by atoms with E-state index >= 15 is 0 Å². The Balaban J connectivity index is 1.55. The molecule has 4 nitrogen and oxygen atoms in total. The average molecular weight is 350 g/mol. The number of benzene rings is 1. The minimum absolute atomic E-state index is 0.0340. The molecule has 0 radical (unpaired) electrons. The molecule has 1 aromatic carbocycles. The van der Waals surface area contributed by atoms with Gasteiger partial charge in [0.25, 0.3) is 0 Å². The van der Waals surface area contributed by atoms with Crippen molar-refractivity contribution in [2.24, 2.45) is 0 Å². The molecule has 0 atom stereocenters. The van der Waals surface area contributed by atoms with E-state index in [1.54, 1.807) is 11.3 Å². The highest BCUT2D eigenvalue weighted by Crippen LogP contribution is 2.28. The summed E-state index contributed by atoms with van der Waals surface area (Å²) < 4.78 is 1.02. The third-order valence-corrected chi connectivity index (χ3v) is 5.19. The summed E-state index contributed by atoms with van der Waals surface area (Å²) in [5, 5.41) is 6.37. The second-order valence-electron chi connectivity index (χ2n) is 4.51. The van der Waals surface area contributed by atoms with Crippen LogP contribution in [-0.2, 0) is 11.3 Å². The summed E-state index contributed by atoms with van der Waals surface area (Å²) in [6, 6.07) is 9.40. The number of thioether (sulfide) groups is 1. The lowest BCUT2D eigenvalue weighted by molar-refractivity contribution is -0.118. The molecule has 0 aliphatic heterocycles. The van der Waals surface area contributed by atoms with E-state index in [2.05, 4.69) is 15.3 Å². The lowest BCUT2D eigenvalue weighted by atomic mass is 10.2. The van der Waals surface area contributed by atoms with Gasteiger partial charge in [-0.3, -0.25) is 4.79 Å². The topological polar surface area (TPSA) is 54.9 Å². The van der Waals surface area contributed by atoms with E-state index < -0.39 is 0 Å². The van der Waals surface area contributed by atoms with Gasteiger partial charge in [0.1, 0.15) is 11.4 Å². The molecular weight excluding hydrogens is 338 g/mol. The molecule has 3 rings (SSSR count). The predicted molar refractivity (Wildman–Crippen MR) is 91.4 cm³/mol. The maximum absolute atomic E-state index is 11.9. The summed E-state index contributed by atoms with van der Waals surface area (Å²) in [6.45, 7) is 0.470. The van der Waals surface area contributed by atoms with Gasteiger partial charge in [-0.15, -0.1) is 11.3 Å². The molecule has 2 aromatic heterocycles. The minimum atomic E-state index is -0.0340.